The molecule has 1 fully saturated rings. The van der Waals surface area contributed by atoms with E-state index in [9.17, 15) is 9.18 Å². The highest BCUT2D eigenvalue weighted by Gasteiger charge is 2.32. The van der Waals surface area contributed by atoms with E-state index >= 15 is 0 Å². The number of alkyl halides is 1. The molecule has 0 spiro atoms. The van der Waals surface area contributed by atoms with Crippen LogP contribution >= 0.6 is 0 Å². The summed E-state index contributed by atoms with van der Waals surface area (Å²) in [6, 6.07) is 9.16. The van der Waals surface area contributed by atoms with Crippen molar-refractivity contribution in [3.05, 3.63) is 65.7 Å². The topological polar surface area (TPSA) is 75.9 Å². The maximum Gasteiger partial charge on any atom is 0.270 e. The molecule has 4 aromatic rings. The van der Waals surface area contributed by atoms with Gasteiger partial charge in [-0.05, 0) is 73.5 Å². The summed E-state index contributed by atoms with van der Waals surface area (Å²) in [4.78, 5) is 23.9. The Kier molecular flexibility index (Phi) is 5.61. The average molecular weight is 459 g/mol. The second-order valence-electron chi connectivity index (χ2n) is 9.04. The van der Waals surface area contributed by atoms with E-state index in [1.54, 1.807) is 29.3 Å². The number of amides is 1. The van der Waals surface area contributed by atoms with E-state index in [0.717, 1.165) is 44.4 Å². The third kappa shape index (κ3) is 3.84. The smallest absolute Gasteiger partial charge is 0.270 e. The molecule has 34 heavy (non-hydrogen) atoms. The zero-order chi connectivity index (χ0) is 24.0. The number of nitrogens with one attached hydrogen (secondary N) is 1. The van der Waals surface area contributed by atoms with Crippen LogP contribution in [0.5, 0.6) is 0 Å². The van der Waals surface area contributed by atoms with Gasteiger partial charge in [-0.2, -0.15) is 5.10 Å². The summed E-state index contributed by atoms with van der Waals surface area (Å²) < 4.78 is 16.1. The molecule has 1 N–H and O–H groups in total. The van der Waals surface area contributed by atoms with Crippen LogP contribution in [0.2, 0.25) is 0 Å². The average Bonchev–Trinajstić information content (AvgIpc) is 3.37. The van der Waals surface area contributed by atoms with Gasteiger partial charge in [0.05, 0.1) is 17.3 Å². The molecule has 7 nitrogen and oxygen atoms in total. The molecule has 8 heteroatoms. The number of halogens is 1. The van der Waals surface area contributed by atoms with E-state index in [1.165, 1.54) is 0 Å². The van der Waals surface area contributed by atoms with Gasteiger partial charge >= 0.3 is 0 Å². The molecule has 3 aromatic heterocycles. The molecule has 1 aliphatic rings. The highest BCUT2D eigenvalue weighted by Crippen LogP contribution is 2.37. The molecule has 1 amide bonds. The molecule has 2 unspecified atom stereocenters. The monoisotopic (exact) mass is 458 g/mol. The normalized spacial score (nSPS) is 18.5. The fourth-order valence-electron chi connectivity index (χ4n) is 5.01. The van der Waals surface area contributed by atoms with E-state index in [1.807, 2.05) is 50.2 Å². The maximum atomic E-state index is 14.3. The number of hydrogen-bond acceptors (Lipinski definition) is 5. The van der Waals surface area contributed by atoms with Crippen molar-refractivity contribution >= 4 is 16.8 Å². The lowest BCUT2D eigenvalue weighted by Gasteiger charge is -2.18. The van der Waals surface area contributed by atoms with Crippen molar-refractivity contribution in [1.82, 2.24) is 30.0 Å². The highest BCUT2D eigenvalue weighted by atomic mass is 19.1. The molecule has 0 aliphatic carbocycles. The molecular weight excluding hydrogens is 431 g/mol. The number of likely N-dealkylation sites (N-methyl/N-ethyl adjacent to an activating group) is 1. The standard InChI is InChI=1S/C26H27FN6O/c1-15-11-20-25(16(2)24(15)17-5-8-28-9-6-17)18(23-7-10-29-33(23)4)12-21(30-20)26(34)31-22-14-32(3)13-19(22)27/h5-12,19,22H,13-14H2,1-4H3,(H,31,34). The Hall–Kier alpha value is -3.65. The number of rotatable bonds is 4. The fourth-order valence-corrected chi connectivity index (χ4v) is 5.01. The fraction of sp³-hybridized carbons (Fsp3) is 0.308. The quantitative estimate of drug-likeness (QED) is 0.505. The van der Waals surface area contributed by atoms with Crippen LogP contribution in [0.25, 0.3) is 33.3 Å². The van der Waals surface area contributed by atoms with Gasteiger partial charge in [-0.3, -0.25) is 14.5 Å². The molecule has 174 valence electrons. The lowest BCUT2D eigenvalue weighted by molar-refractivity contribution is 0.0919. The highest BCUT2D eigenvalue weighted by molar-refractivity contribution is 6.04. The molecular formula is C26H27FN6O. The Bertz CT molecular complexity index is 1380. The summed E-state index contributed by atoms with van der Waals surface area (Å²) in [6.45, 7) is 4.91. The van der Waals surface area contributed by atoms with Gasteiger partial charge < -0.3 is 10.2 Å². The van der Waals surface area contributed by atoms with Gasteiger partial charge in [0.15, 0.2) is 0 Å². The van der Waals surface area contributed by atoms with Crippen molar-refractivity contribution in [2.45, 2.75) is 26.1 Å². The van der Waals surface area contributed by atoms with Crippen molar-refractivity contribution < 1.29 is 9.18 Å². The van der Waals surface area contributed by atoms with Crippen LogP contribution in [0.4, 0.5) is 4.39 Å². The van der Waals surface area contributed by atoms with Crippen molar-refractivity contribution in [2.24, 2.45) is 7.05 Å². The molecule has 0 radical (unpaired) electrons. The van der Waals surface area contributed by atoms with Gasteiger partial charge in [0, 0.05) is 49.7 Å². The van der Waals surface area contributed by atoms with Gasteiger partial charge in [0.25, 0.3) is 5.91 Å². The number of fused-ring (bicyclic) bond motifs is 1. The first kappa shape index (κ1) is 22.2. The van der Waals surface area contributed by atoms with Crippen LogP contribution in [0, 0.1) is 13.8 Å². The minimum atomic E-state index is -1.10. The molecule has 1 aromatic carbocycles. The number of aromatic nitrogens is 4. The van der Waals surface area contributed by atoms with Crippen molar-refractivity contribution in [2.75, 3.05) is 20.1 Å². The lowest BCUT2D eigenvalue weighted by atomic mass is 9.90. The van der Waals surface area contributed by atoms with Crippen molar-refractivity contribution in [3.8, 4) is 22.4 Å². The summed E-state index contributed by atoms with van der Waals surface area (Å²) in [5.41, 5.74) is 7.03. The van der Waals surface area contributed by atoms with Crippen LogP contribution in [-0.4, -0.2) is 62.9 Å². The minimum absolute atomic E-state index is 0.265. The summed E-state index contributed by atoms with van der Waals surface area (Å²) >= 11 is 0. The Morgan fingerprint density at radius 3 is 2.50 bits per heavy atom. The molecule has 1 aliphatic heterocycles. The van der Waals surface area contributed by atoms with Crippen LogP contribution in [0.15, 0.2) is 48.9 Å². The second-order valence-corrected chi connectivity index (χ2v) is 9.04. The molecule has 0 bridgehead atoms. The number of aryl methyl sites for hydroxylation is 3. The van der Waals surface area contributed by atoms with Crippen molar-refractivity contribution in [3.63, 3.8) is 0 Å². The van der Waals surface area contributed by atoms with E-state index in [0.29, 0.717) is 13.1 Å². The van der Waals surface area contributed by atoms with E-state index < -0.39 is 12.2 Å². The summed E-state index contributed by atoms with van der Waals surface area (Å²) in [5.74, 6) is -0.373. The molecule has 0 saturated carbocycles. The van der Waals surface area contributed by atoms with Crippen LogP contribution in [0.3, 0.4) is 0 Å². The van der Waals surface area contributed by atoms with E-state index in [-0.39, 0.29) is 11.6 Å². The molecule has 5 rings (SSSR count). The second kappa shape index (κ2) is 8.61. The third-order valence-corrected chi connectivity index (χ3v) is 6.59. The molecule has 4 heterocycles. The summed E-state index contributed by atoms with van der Waals surface area (Å²) in [7, 11) is 3.72. The number of likely N-dealkylation sites (tertiary alicyclic amines) is 1. The largest absolute Gasteiger partial charge is 0.344 e. The van der Waals surface area contributed by atoms with Crippen molar-refractivity contribution in [1.29, 1.82) is 0 Å². The molecule has 2 atom stereocenters. The van der Waals surface area contributed by atoms with Gasteiger partial charge in [0.2, 0.25) is 0 Å². The summed E-state index contributed by atoms with van der Waals surface area (Å²) in [6.07, 6.45) is 4.20. The number of carbonyl (C=O) groups excluding carboxylic acids is 1. The zero-order valence-corrected chi connectivity index (χ0v) is 19.7. The predicted octanol–water partition coefficient (Wildman–Crippen LogP) is 3.70. The summed E-state index contributed by atoms with van der Waals surface area (Å²) in [5, 5.41) is 8.14. The first-order valence-corrected chi connectivity index (χ1v) is 11.3. The van der Waals surface area contributed by atoms with Gasteiger partial charge in [-0.25, -0.2) is 9.37 Å². The first-order valence-electron chi connectivity index (χ1n) is 11.3. The Morgan fingerprint density at radius 2 is 1.85 bits per heavy atom. The Labute approximate surface area is 197 Å². The SMILES string of the molecule is Cc1cc2nc(C(=O)NC3CN(C)CC3F)cc(-c3ccnn3C)c2c(C)c1-c1ccncc1. The maximum absolute atomic E-state index is 14.3. The molecule has 1 saturated heterocycles. The Morgan fingerprint density at radius 1 is 1.09 bits per heavy atom. The van der Waals surface area contributed by atoms with E-state index in [4.69, 9.17) is 4.98 Å². The lowest BCUT2D eigenvalue weighted by Crippen LogP contribution is -2.41. The number of carbonyl (C=O) groups is 1. The van der Waals surface area contributed by atoms with Crippen LogP contribution in [-0.2, 0) is 7.05 Å². The van der Waals surface area contributed by atoms with Gasteiger partial charge in [0.1, 0.15) is 11.9 Å². The zero-order valence-electron chi connectivity index (χ0n) is 19.7. The number of hydrogen-bond donors (Lipinski definition) is 1. The van der Waals surface area contributed by atoms with Crippen LogP contribution < -0.4 is 5.32 Å². The first-order chi connectivity index (χ1) is 16.3. The predicted molar refractivity (Wildman–Crippen MR) is 130 cm³/mol. The minimum Gasteiger partial charge on any atom is -0.344 e. The van der Waals surface area contributed by atoms with Crippen LogP contribution in [0.1, 0.15) is 21.6 Å². The van der Waals surface area contributed by atoms with Gasteiger partial charge in [-0.15, -0.1) is 0 Å². The van der Waals surface area contributed by atoms with E-state index in [2.05, 4.69) is 22.3 Å². The third-order valence-electron chi connectivity index (χ3n) is 6.59. The number of nitrogens with zero attached hydrogens (tertiary/aromatic N) is 5. The van der Waals surface area contributed by atoms with Gasteiger partial charge in [-0.1, -0.05) is 0 Å². The Balaban J connectivity index is 1.69. The number of pyridine rings is 2. The number of benzene rings is 1.